The molecule has 1 aliphatic carbocycles. The molecule has 110 valence electrons. The van der Waals surface area contributed by atoms with Crippen molar-refractivity contribution < 1.29 is 4.79 Å². The summed E-state index contributed by atoms with van der Waals surface area (Å²) in [4.78, 5) is 14.7. The number of nitrogen functional groups attached to an aromatic ring is 1. The minimum absolute atomic E-state index is 0.260. The fourth-order valence-corrected chi connectivity index (χ4v) is 3.15. The fraction of sp³-hybridized carbons (Fsp3) is 0.562. The summed E-state index contributed by atoms with van der Waals surface area (Å²) in [6.45, 7) is 2.13. The predicted molar refractivity (Wildman–Crippen MR) is 87.0 cm³/mol. The van der Waals surface area contributed by atoms with Crippen molar-refractivity contribution in [1.29, 1.82) is 0 Å². The summed E-state index contributed by atoms with van der Waals surface area (Å²) >= 11 is 1.83. The highest BCUT2D eigenvalue weighted by atomic mass is 32.2. The van der Waals surface area contributed by atoms with Gasteiger partial charge in [-0.1, -0.05) is 12.1 Å². The molecule has 0 aliphatic heterocycles. The maximum atomic E-state index is 12.8. The van der Waals surface area contributed by atoms with Crippen LogP contribution < -0.4 is 5.73 Å². The van der Waals surface area contributed by atoms with Crippen LogP contribution in [0.2, 0.25) is 0 Å². The van der Waals surface area contributed by atoms with Crippen molar-refractivity contribution >= 4 is 23.4 Å². The molecule has 0 saturated heterocycles. The predicted octanol–water partition coefficient (Wildman–Crippen LogP) is 2.90. The number of anilines is 1. The SMILES string of the molecule is CSCCC(C)N(C)C(=O)C1(c2ccc(N)cc2)CC1. The summed E-state index contributed by atoms with van der Waals surface area (Å²) < 4.78 is 0. The maximum Gasteiger partial charge on any atom is 0.233 e. The van der Waals surface area contributed by atoms with Gasteiger partial charge in [0.2, 0.25) is 5.91 Å². The zero-order valence-electron chi connectivity index (χ0n) is 12.6. The summed E-state index contributed by atoms with van der Waals surface area (Å²) in [6.07, 6.45) is 5.05. The van der Waals surface area contributed by atoms with E-state index in [1.54, 1.807) is 0 Å². The molecule has 1 atom stereocenters. The molecular formula is C16H24N2OS. The second kappa shape index (κ2) is 6.08. The van der Waals surface area contributed by atoms with Crippen molar-refractivity contribution in [3.8, 4) is 0 Å². The molecular weight excluding hydrogens is 268 g/mol. The van der Waals surface area contributed by atoms with Gasteiger partial charge >= 0.3 is 0 Å². The molecule has 1 aromatic carbocycles. The Hall–Kier alpha value is -1.16. The zero-order valence-corrected chi connectivity index (χ0v) is 13.4. The van der Waals surface area contributed by atoms with Gasteiger partial charge in [0.1, 0.15) is 0 Å². The smallest absolute Gasteiger partial charge is 0.233 e. The van der Waals surface area contributed by atoms with E-state index in [0.29, 0.717) is 6.04 Å². The Bertz CT molecular complexity index is 468. The van der Waals surface area contributed by atoms with E-state index in [0.717, 1.165) is 36.3 Å². The molecule has 0 heterocycles. The van der Waals surface area contributed by atoms with E-state index in [-0.39, 0.29) is 11.3 Å². The monoisotopic (exact) mass is 292 g/mol. The quantitative estimate of drug-likeness (QED) is 0.820. The summed E-state index contributed by atoms with van der Waals surface area (Å²) in [5.41, 5.74) is 7.31. The van der Waals surface area contributed by atoms with Crippen LogP contribution in [0, 0.1) is 0 Å². The van der Waals surface area contributed by atoms with E-state index in [9.17, 15) is 4.79 Å². The third-order valence-electron chi connectivity index (χ3n) is 4.34. The van der Waals surface area contributed by atoms with Crippen LogP contribution in [0.25, 0.3) is 0 Å². The van der Waals surface area contributed by atoms with E-state index in [2.05, 4.69) is 13.2 Å². The minimum Gasteiger partial charge on any atom is -0.399 e. The average Bonchev–Trinajstić information content (AvgIpc) is 3.25. The van der Waals surface area contributed by atoms with Crippen LogP contribution in [0.15, 0.2) is 24.3 Å². The van der Waals surface area contributed by atoms with Gasteiger partial charge in [0.15, 0.2) is 0 Å². The highest BCUT2D eigenvalue weighted by molar-refractivity contribution is 7.98. The lowest BCUT2D eigenvalue weighted by molar-refractivity contribution is -0.134. The number of benzene rings is 1. The lowest BCUT2D eigenvalue weighted by atomic mass is 9.93. The van der Waals surface area contributed by atoms with Crippen molar-refractivity contribution in [2.75, 3.05) is 24.8 Å². The third-order valence-corrected chi connectivity index (χ3v) is 4.99. The summed E-state index contributed by atoms with van der Waals surface area (Å²) in [7, 11) is 1.94. The molecule has 0 radical (unpaired) electrons. The maximum absolute atomic E-state index is 12.8. The van der Waals surface area contributed by atoms with Crippen LogP contribution >= 0.6 is 11.8 Å². The number of rotatable bonds is 6. The van der Waals surface area contributed by atoms with Gasteiger partial charge in [0.25, 0.3) is 0 Å². The average molecular weight is 292 g/mol. The van der Waals surface area contributed by atoms with Crippen LogP contribution in [-0.2, 0) is 10.2 Å². The molecule has 1 fully saturated rings. The highest BCUT2D eigenvalue weighted by Crippen LogP contribution is 2.49. The lowest BCUT2D eigenvalue weighted by Gasteiger charge is -2.29. The van der Waals surface area contributed by atoms with E-state index in [1.165, 1.54) is 0 Å². The number of carbonyl (C=O) groups is 1. The Balaban J connectivity index is 2.09. The first-order valence-corrected chi connectivity index (χ1v) is 8.53. The van der Waals surface area contributed by atoms with Crippen LogP contribution in [0.5, 0.6) is 0 Å². The van der Waals surface area contributed by atoms with Crippen LogP contribution in [0.1, 0.15) is 31.7 Å². The molecule has 1 aliphatic rings. The molecule has 2 rings (SSSR count). The van der Waals surface area contributed by atoms with Crippen LogP contribution in [0.4, 0.5) is 5.69 Å². The first-order chi connectivity index (χ1) is 9.51. The zero-order chi connectivity index (χ0) is 14.8. The summed E-state index contributed by atoms with van der Waals surface area (Å²) in [5, 5.41) is 0. The number of likely N-dealkylation sites (N-methyl/N-ethyl adjacent to an activating group) is 1. The Labute approximate surface area is 125 Å². The van der Waals surface area contributed by atoms with Crippen LogP contribution in [-0.4, -0.2) is 35.9 Å². The Morgan fingerprint density at radius 2 is 2.00 bits per heavy atom. The van der Waals surface area contributed by atoms with Gasteiger partial charge in [-0.2, -0.15) is 11.8 Å². The molecule has 1 amide bonds. The van der Waals surface area contributed by atoms with Gasteiger partial charge in [-0.25, -0.2) is 0 Å². The summed E-state index contributed by atoms with van der Waals surface area (Å²) in [5.74, 6) is 1.35. The highest BCUT2D eigenvalue weighted by Gasteiger charge is 2.52. The van der Waals surface area contributed by atoms with Gasteiger partial charge in [-0.05, 0) is 55.9 Å². The van der Waals surface area contributed by atoms with Crippen molar-refractivity contribution in [3.63, 3.8) is 0 Å². The van der Waals surface area contributed by atoms with Crippen LogP contribution in [0.3, 0.4) is 0 Å². The van der Waals surface area contributed by atoms with Crippen molar-refractivity contribution in [1.82, 2.24) is 4.90 Å². The van der Waals surface area contributed by atoms with Crippen molar-refractivity contribution in [2.45, 2.75) is 37.6 Å². The van der Waals surface area contributed by atoms with E-state index < -0.39 is 0 Å². The van der Waals surface area contributed by atoms with Crippen molar-refractivity contribution in [3.05, 3.63) is 29.8 Å². The molecule has 2 N–H and O–H groups in total. The Morgan fingerprint density at radius 3 is 2.50 bits per heavy atom. The van der Waals surface area contributed by atoms with Gasteiger partial charge < -0.3 is 10.6 Å². The minimum atomic E-state index is -0.282. The van der Waals surface area contributed by atoms with Crippen molar-refractivity contribution in [2.24, 2.45) is 0 Å². The molecule has 20 heavy (non-hydrogen) atoms. The number of hydrogen-bond acceptors (Lipinski definition) is 3. The molecule has 3 nitrogen and oxygen atoms in total. The first-order valence-electron chi connectivity index (χ1n) is 7.13. The number of amides is 1. The van der Waals surface area contributed by atoms with Gasteiger partial charge in [0.05, 0.1) is 5.41 Å². The van der Waals surface area contributed by atoms with E-state index in [1.807, 2.05) is 48.0 Å². The first kappa shape index (κ1) is 15.2. The van der Waals surface area contributed by atoms with Gasteiger partial charge in [-0.15, -0.1) is 0 Å². The molecule has 1 saturated carbocycles. The second-order valence-corrected chi connectivity index (χ2v) is 6.74. The molecule has 0 spiro atoms. The second-order valence-electron chi connectivity index (χ2n) is 5.75. The summed E-state index contributed by atoms with van der Waals surface area (Å²) in [6, 6.07) is 8.07. The van der Waals surface area contributed by atoms with Gasteiger partial charge in [-0.3, -0.25) is 4.79 Å². The Morgan fingerprint density at radius 1 is 1.40 bits per heavy atom. The molecule has 0 aromatic heterocycles. The standard InChI is InChI=1S/C16H24N2OS/c1-12(8-11-20-3)18(2)15(19)16(9-10-16)13-4-6-14(17)7-5-13/h4-7,12H,8-11,17H2,1-3H3. The molecule has 0 bridgehead atoms. The number of nitrogens with zero attached hydrogens (tertiary/aromatic N) is 1. The topological polar surface area (TPSA) is 46.3 Å². The largest absolute Gasteiger partial charge is 0.399 e. The number of hydrogen-bond donors (Lipinski definition) is 1. The Kier molecular flexibility index (Phi) is 4.63. The molecule has 4 heteroatoms. The number of nitrogens with two attached hydrogens (primary N) is 1. The number of carbonyl (C=O) groups excluding carboxylic acids is 1. The number of thioether (sulfide) groups is 1. The van der Waals surface area contributed by atoms with Gasteiger partial charge in [0, 0.05) is 18.8 Å². The normalized spacial score (nSPS) is 17.6. The lowest BCUT2D eigenvalue weighted by Crippen LogP contribution is -2.42. The third kappa shape index (κ3) is 2.95. The van der Waals surface area contributed by atoms with E-state index in [4.69, 9.17) is 5.73 Å². The van der Waals surface area contributed by atoms with E-state index >= 15 is 0 Å². The molecule has 1 unspecified atom stereocenters. The molecule has 1 aromatic rings. The fourth-order valence-electron chi connectivity index (χ4n) is 2.57.